The Labute approximate surface area is 163 Å². The number of benzene rings is 1. The highest BCUT2D eigenvalue weighted by atomic mass is 35.5. The number of hydrogen-bond donors (Lipinski definition) is 0. The number of aromatic nitrogens is 5. The molecule has 138 valence electrons. The zero-order valence-electron chi connectivity index (χ0n) is 14.8. The van der Waals surface area contributed by atoms with Gasteiger partial charge >= 0.3 is 0 Å². The molecule has 5 aromatic rings. The minimum Gasteiger partial charge on any atom is -0.467 e. The van der Waals surface area contributed by atoms with E-state index in [1.54, 1.807) is 46.7 Å². The highest BCUT2D eigenvalue weighted by molar-refractivity contribution is 6.30. The Kier molecular flexibility index (Phi) is 3.77. The van der Waals surface area contributed by atoms with E-state index in [2.05, 4.69) is 15.1 Å². The number of nitrogens with zero attached hydrogens (tertiary/aromatic N) is 5. The van der Waals surface area contributed by atoms with Crippen LogP contribution in [0.25, 0.3) is 27.9 Å². The smallest absolute Gasteiger partial charge is 0.262 e. The zero-order valence-corrected chi connectivity index (χ0v) is 15.6. The summed E-state index contributed by atoms with van der Waals surface area (Å²) >= 11 is 6.05. The quantitative estimate of drug-likeness (QED) is 0.468. The van der Waals surface area contributed by atoms with Gasteiger partial charge in [-0.15, -0.1) is 5.10 Å². The van der Waals surface area contributed by atoms with Crippen LogP contribution in [-0.2, 0) is 6.54 Å². The Morgan fingerprint density at radius 2 is 1.93 bits per heavy atom. The topological polar surface area (TPSA) is 78.2 Å². The average Bonchev–Trinajstić information content (AvgIpc) is 3.32. The lowest BCUT2D eigenvalue weighted by Gasteiger charge is -2.11. The summed E-state index contributed by atoms with van der Waals surface area (Å²) in [7, 11) is 0. The number of halogens is 1. The van der Waals surface area contributed by atoms with Crippen molar-refractivity contribution in [2.75, 3.05) is 0 Å². The van der Waals surface area contributed by atoms with Crippen molar-refractivity contribution in [2.45, 2.75) is 13.5 Å². The van der Waals surface area contributed by atoms with Crippen molar-refractivity contribution < 1.29 is 4.42 Å². The SMILES string of the molecule is Cc1nc2nc3ccn(Cc4ccco4)c(=O)c3c(-c3ccc(Cl)cc3)n2n1. The number of rotatable bonds is 3. The summed E-state index contributed by atoms with van der Waals surface area (Å²) in [5, 5.41) is 5.53. The van der Waals surface area contributed by atoms with E-state index in [4.69, 9.17) is 16.0 Å². The molecule has 0 fully saturated rings. The Hall–Kier alpha value is -3.45. The van der Waals surface area contributed by atoms with E-state index in [0.29, 0.717) is 45.5 Å². The molecule has 7 nitrogen and oxygen atoms in total. The molecule has 28 heavy (non-hydrogen) atoms. The molecular formula is C20H14ClN5O2. The molecule has 5 rings (SSSR count). The maximum atomic E-state index is 13.4. The van der Waals surface area contributed by atoms with Gasteiger partial charge in [0.25, 0.3) is 11.3 Å². The first-order valence-corrected chi connectivity index (χ1v) is 9.03. The van der Waals surface area contributed by atoms with Crippen molar-refractivity contribution in [3.8, 4) is 11.3 Å². The number of furan rings is 1. The normalized spacial score (nSPS) is 11.5. The first kappa shape index (κ1) is 16.7. The largest absolute Gasteiger partial charge is 0.467 e. The minimum absolute atomic E-state index is 0.179. The van der Waals surface area contributed by atoms with Crippen LogP contribution in [0.2, 0.25) is 5.02 Å². The molecular weight excluding hydrogens is 378 g/mol. The van der Waals surface area contributed by atoms with Crippen LogP contribution in [0.4, 0.5) is 0 Å². The van der Waals surface area contributed by atoms with Crippen LogP contribution < -0.4 is 5.56 Å². The summed E-state index contributed by atoms with van der Waals surface area (Å²) in [5.41, 5.74) is 1.82. The summed E-state index contributed by atoms with van der Waals surface area (Å²) in [5.74, 6) is 1.71. The van der Waals surface area contributed by atoms with Gasteiger partial charge in [-0.1, -0.05) is 23.7 Å². The molecule has 0 saturated carbocycles. The predicted octanol–water partition coefficient (Wildman–Crippen LogP) is 3.71. The molecule has 1 aromatic carbocycles. The Bertz CT molecular complexity index is 1370. The predicted molar refractivity (Wildman–Crippen MR) is 106 cm³/mol. The number of fused-ring (bicyclic) bond motifs is 2. The summed E-state index contributed by atoms with van der Waals surface area (Å²) in [6, 6.07) is 12.7. The van der Waals surface area contributed by atoms with Crippen molar-refractivity contribution in [1.29, 1.82) is 0 Å². The number of hydrogen-bond acceptors (Lipinski definition) is 5. The van der Waals surface area contributed by atoms with E-state index >= 15 is 0 Å². The molecule has 8 heteroatoms. The van der Waals surface area contributed by atoms with Crippen LogP contribution in [0.3, 0.4) is 0 Å². The fourth-order valence-electron chi connectivity index (χ4n) is 3.29. The van der Waals surface area contributed by atoms with Crippen molar-refractivity contribution in [3.05, 3.63) is 81.9 Å². The molecule has 0 aliphatic carbocycles. The fourth-order valence-corrected chi connectivity index (χ4v) is 3.42. The fraction of sp³-hybridized carbons (Fsp3) is 0.100. The molecule has 4 heterocycles. The van der Waals surface area contributed by atoms with Gasteiger partial charge < -0.3 is 8.98 Å². The highest BCUT2D eigenvalue weighted by Crippen LogP contribution is 2.27. The second kappa shape index (κ2) is 6.31. The third-order valence-electron chi connectivity index (χ3n) is 4.53. The molecule has 4 aromatic heterocycles. The van der Waals surface area contributed by atoms with Crippen molar-refractivity contribution in [2.24, 2.45) is 0 Å². The van der Waals surface area contributed by atoms with Crippen molar-refractivity contribution in [3.63, 3.8) is 0 Å². The van der Waals surface area contributed by atoms with Crippen LogP contribution in [0, 0.1) is 6.92 Å². The summed E-state index contributed by atoms with van der Waals surface area (Å²) in [6.45, 7) is 2.12. The Morgan fingerprint density at radius 1 is 1.11 bits per heavy atom. The first-order chi connectivity index (χ1) is 13.6. The van der Waals surface area contributed by atoms with Crippen molar-refractivity contribution in [1.82, 2.24) is 24.1 Å². The van der Waals surface area contributed by atoms with Gasteiger partial charge in [0, 0.05) is 16.8 Å². The Morgan fingerprint density at radius 3 is 2.68 bits per heavy atom. The van der Waals surface area contributed by atoms with E-state index in [-0.39, 0.29) is 5.56 Å². The van der Waals surface area contributed by atoms with Gasteiger partial charge in [0.15, 0.2) is 0 Å². The molecule has 0 saturated heterocycles. The van der Waals surface area contributed by atoms with Crippen LogP contribution in [0.1, 0.15) is 11.6 Å². The summed E-state index contributed by atoms with van der Waals surface area (Å²) in [4.78, 5) is 22.3. The third kappa shape index (κ3) is 2.68. The lowest BCUT2D eigenvalue weighted by Crippen LogP contribution is -2.21. The molecule has 0 spiro atoms. The number of aryl methyl sites for hydroxylation is 1. The molecule has 0 N–H and O–H groups in total. The zero-order chi connectivity index (χ0) is 19.3. The maximum Gasteiger partial charge on any atom is 0.262 e. The summed E-state index contributed by atoms with van der Waals surface area (Å²) < 4.78 is 8.59. The van der Waals surface area contributed by atoms with Gasteiger partial charge in [-0.2, -0.15) is 9.50 Å². The molecule has 0 aliphatic rings. The molecule has 0 bridgehead atoms. The van der Waals surface area contributed by atoms with Crippen LogP contribution in [0.5, 0.6) is 0 Å². The van der Waals surface area contributed by atoms with E-state index in [1.807, 2.05) is 24.3 Å². The molecule has 0 unspecified atom stereocenters. The molecule has 0 atom stereocenters. The second-order valence-corrected chi connectivity index (χ2v) is 6.86. The van der Waals surface area contributed by atoms with Crippen molar-refractivity contribution >= 4 is 28.3 Å². The third-order valence-corrected chi connectivity index (χ3v) is 4.78. The Balaban J connectivity index is 1.86. The van der Waals surface area contributed by atoms with E-state index < -0.39 is 0 Å². The number of pyridine rings is 1. The first-order valence-electron chi connectivity index (χ1n) is 8.65. The standard InChI is InChI=1S/C20H14ClN5O2/c1-12-22-20-23-16-8-9-25(11-15-3-2-10-28-15)19(27)17(16)18(26(20)24-12)13-4-6-14(21)7-5-13/h2-10H,11H2,1H3. The summed E-state index contributed by atoms with van der Waals surface area (Å²) in [6.07, 6.45) is 3.30. The van der Waals surface area contributed by atoms with Gasteiger partial charge in [-0.05, 0) is 37.3 Å². The molecule has 0 aliphatic heterocycles. The van der Waals surface area contributed by atoms with E-state index in [9.17, 15) is 4.79 Å². The monoisotopic (exact) mass is 391 g/mol. The van der Waals surface area contributed by atoms with Crippen LogP contribution in [-0.4, -0.2) is 24.1 Å². The lowest BCUT2D eigenvalue weighted by molar-refractivity contribution is 0.490. The average molecular weight is 392 g/mol. The van der Waals surface area contributed by atoms with E-state index in [1.165, 1.54) is 0 Å². The van der Waals surface area contributed by atoms with Crippen LogP contribution >= 0.6 is 11.6 Å². The second-order valence-electron chi connectivity index (χ2n) is 6.43. The maximum absolute atomic E-state index is 13.4. The van der Waals surface area contributed by atoms with Gasteiger partial charge in [-0.25, -0.2) is 4.98 Å². The minimum atomic E-state index is -0.179. The molecule has 0 amide bonds. The van der Waals surface area contributed by atoms with Gasteiger partial charge in [0.1, 0.15) is 11.6 Å². The van der Waals surface area contributed by atoms with E-state index in [0.717, 1.165) is 5.56 Å². The van der Waals surface area contributed by atoms with Crippen LogP contribution in [0.15, 0.2) is 64.1 Å². The van der Waals surface area contributed by atoms with Gasteiger partial charge in [-0.3, -0.25) is 4.79 Å². The molecule has 0 radical (unpaired) electrons. The van der Waals surface area contributed by atoms with Gasteiger partial charge in [0.2, 0.25) is 0 Å². The lowest BCUT2D eigenvalue weighted by atomic mass is 10.1. The van der Waals surface area contributed by atoms with Gasteiger partial charge in [0.05, 0.1) is 29.4 Å². The highest BCUT2D eigenvalue weighted by Gasteiger charge is 2.18.